The molecule has 2 amide bonds. The van der Waals surface area contributed by atoms with E-state index in [1.165, 1.54) is 6.07 Å². The summed E-state index contributed by atoms with van der Waals surface area (Å²) in [6.45, 7) is 1.65. The maximum Gasteiger partial charge on any atom is 0.227 e. The molecule has 0 unspecified atom stereocenters. The number of hydrogen-bond acceptors (Lipinski definition) is 5. The van der Waals surface area contributed by atoms with Crippen LogP contribution in [0.1, 0.15) is 12.1 Å². The molecule has 2 aliphatic rings. The summed E-state index contributed by atoms with van der Waals surface area (Å²) in [6, 6.07) is 6.51. The van der Waals surface area contributed by atoms with Gasteiger partial charge < -0.3 is 19.9 Å². The number of nitrogens with one attached hydrogen (secondary N) is 1. The van der Waals surface area contributed by atoms with Gasteiger partial charge in [0, 0.05) is 43.2 Å². The fraction of sp³-hybridized carbons (Fsp3) is 0.353. The summed E-state index contributed by atoms with van der Waals surface area (Å²) < 4.78 is 2.09. The third kappa shape index (κ3) is 3.21. The van der Waals surface area contributed by atoms with Crippen LogP contribution in [-0.2, 0) is 22.7 Å². The zero-order valence-electron chi connectivity index (χ0n) is 13.5. The van der Waals surface area contributed by atoms with Crippen molar-refractivity contribution < 1.29 is 14.7 Å². The molecule has 0 spiro atoms. The number of nitrogens with zero attached hydrogens (tertiary/aromatic N) is 3. The topological polar surface area (TPSA) is 87.5 Å². The third-order valence-corrected chi connectivity index (χ3v) is 5.40. The largest absolute Gasteiger partial charge is 0.508 e. The molecule has 0 saturated carbocycles. The van der Waals surface area contributed by atoms with Crippen molar-refractivity contribution in [1.29, 1.82) is 0 Å². The van der Waals surface area contributed by atoms with E-state index >= 15 is 0 Å². The van der Waals surface area contributed by atoms with Crippen LogP contribution in [0.25, 0.3) is 0 Å². The van der Waals surface area contributed by atoms with Crippen LogP contribution in [0.5, 0.6) is 5.75 Å². The molecule has 7 nitrogen and oxygen atoms in total. The van der Waals surface area contributed by atoms with Crippen LogP contribution in [0.15, 0.2) is 35.6 Å². The first-order valence-corrected chi connectivity index (χ1v) is 9.14. The number of rotatable bonds is 4. The van der Waals surface area contributed by atoms with Gasteiger partial charge in [-0.05, 0) is 12.1 Å². The molecule has 1 saturated heterocycles. The molecule has 1 fully saturated rings. The van der Waals surface area contributed by atoms with Crippen molar-refractivity contribution in [1.82, 2.24) is 14.9 Å². The van der Waals surface area contributed by atoms with E-state index in [0.717, 1.165) is 23.1 Å². The van der Waals surface area contributed by atoms with E-state index in [2.05, 4.69) is 14.9 Å². The molecule has 4 rings (SSSR count). The summed E-state index contributed by atoms with van der Waals surface area (Å²) in [6.07, 6.45) is 2.14. The first kappa shape index (κ1) is 16.0. The fourth-order valence-corrected chi connectivity index (χ4v) is 4.12. The number of fused-ring (bicyclic) bond motifs is 1. The number of hydrogen-bond donors (Lipinski definition) is 2. The standard InChI is InChI=1S/C17H18N4O3S/c22-14-3-1-2-13(7-14)21-9-11(6-15(21)23)16(24)18-8-12-10-20-4-5-25-17(20)19-12/h1-3,7,10-11,22H,4-6,8-9H2,(H,18,24)/t11-/m1/s1. The highest BCUT2D eigenvalue weighted by atomic mass is 32.2. The lowest BCUT2D eigenvalue weighted by Crippen LogP contribution is -2.32. The molecule has 2 N–H and O–H groups in total. The fourth-order valence-electron chi connectivity index (χ4n) is 3.16. The summed E-state index contributed by atoms with van der Waals surface area (Å²) in [5.74, 6) is 0.506. The third-order valence-electron chi connectivity index (χ3n) is 4.43. The van der Waals surface area contributed by atoms with Crippen LogP contribution in [0.3, 0.4) is 0 Å². The lowest BCUT2D eigenvalue weighted by Gasteiger charge is -2.16. The number of amides is 2. The van der Waals surface area contributed by atoms with Gasteiger partial charge in [0.15, 0.2) is 5.16 Å². The molecule has 0 radical (unpaired) electrons. The molecule has 2 aliphatic heterocycles. The average molecular weight is 358 g/mol. The zero-order valence-corrected chi connectivity index (χ0v) is 14.3. The highest BCUT2D eigenvalue weighted by Crippen LogP contribution is 2.28. The second-order valence-electron chi connectivity index (χ2n) is 6.20. The van der Waals surface area contributed by atoms with Gasteiger partial charge in [-0.25, -0.2) is 4.98 Å². The van der Waals surface area contributed by atoms with Gasteiger partial charge in [-0.15, -0.1) is 0 Å². The van der Waals surface area contributed by atoms with Crippen LogP contribution in [-0.4, -0.2) is 38.8 Å². The molecule has 1 aromatic carbocycles. The molecule has 1 atom stereocenters. The van der Waals surface area contributed by atoms with E-state index < -0.39 is 5.92 Å². The van der Waals surface area contributed by atoms with Crippen LogP contribution in [0, 0.1) is 5.92 Å². The number of aryl methyl sites for hydroxylation is 1. The number of phenols is 1. The first-order chi connectivity index (χ1) is 12.1. The second-order valence-corrected chi connectivity index (χ2v) is 7.26. The quantitative estimate of drug-likeness (QED) is 0.862. The van der Waals surface area contributed by atoms with Crippen LogP contribution in [0.4, 0.5) is 5.69 Å². The molecule has 8 heteroatoms. The Labute approximate surface area is 149 Å². The zero-order chi connectivity index (χ0) is 17.4. The Kier molecular flexibility index (Phi) is 4.12. The number of aromatic hydroxyl groups is 1. The number of anilines is 1. The van der Waals surface area contributed by atoms with Crippen molar-refractivity contribution in [3.8, 4) is 5.75 Å². The maximum atomic E-state index is 12.4. The Balaban J connectivity index is 1.37. The lowest BCUT2D eigenvalue weighted by molar-refractivity contribution is -0.126. The summed E-state index contributed by atoms with van der Waals surface area (Å²) in [4.78, 5) is 30.6. The van der Waals surface area contributed by atoms with Crippen molar-refractivity contribution in [3.63, 3.8) is 0 Å². The molecule has 130 valence electrons. The molecule has 2 aromatic rings. The Hall–Kier alpha value is -2.48. The van der Waals surface area contributed by atoms with Gasteiger partial charge in [0.25, 0.3) is 0 Å². The highest BCUT2D eigenvalue weighted by Gasteiger charge is 2.35. The van der Waals surface area contributed by atoms with E-state index in [1.54, 1.807) is 34.9 Å². The summed E-state index contributed by atoms with van der Waals surface area (Å²) >= 11 is 1.72. The Morgan fingerprint density at radius 1 is 1.44 bits per heavy atom. The number of carbonyl (C=O) groups is 2. The number of imidazole rings is 1. The van der Waals surface area contributed by atoms with E-state index in [-0.39, 0.29) is 24.0 Å². The van der Waals surface area contributed by atoms with Crippen LogP contribution < -0.4 is 10.2 Å². The monoisotopic (exact) mass is 358 g/mol. The molecular weight excluding hydrogens is 340 g/mol. The Morgan fingerprint density at radius 2 is 2.32 bits per heavy atom. The maximum absolute atomic E-state index is 12.4. The minimum Gasteiger partial charge on any atom is -0.508 e. The minimum absolute atomic E-state index is 0.101. The first-order valence-electron chi connectivity index (χ1n) is 8.16. The van der Waals surface area contributed by atoms with Gasteiger partial charge in [-0.3, -0.25) is 9.59 Å². The Morgan fingerprint density at radius 3 is 3.12 bits per heavy atom. The van der Waals surface area contributed by atoms with Crippen LogP contribution >= 0.6 is 11.8 Å². The van der Waals surface area contributed by atoms with Crippen molar-refractivity contribution >= 4 is 29.3 Å². The van der Waals surface area contributed by atoms with Gasteiger partial charge in [0.1, 0.15) is 5.75 Å². The van der Waals surface area contributed by atoms with Gasteiger partial charge in [0.05, 0.1) is 18.2 Å². The minimum atomic E-state index is -0.390. The molecular formula is C17H18N4O3S. The second kappa shape index (κ2) is 6.44. The smallest absolute Gasteiger partial charge is 0.227 e. The number of carbonyl (C=O) groups excluding carboxylic acids is 2. The van der Waals surface area contributed by atoms with E-state index in [4.69, 9.17) is 0 Å². The van der Waals surface area contributed by atoms with E-state index in [1.807, 2.05) is 6.20 Å². The van der Waals surface area contributed by atoms with Gasteiger partial charge in [-0.2, -0.15) is 0 Å². The van der Waals surface area contributed by atoms with Crippen molar-refractivity contribution in [2.45, 2.75) is 24.7 Å². The van der Waals surface area contributed by atoms with Gasteiger partial charge >= 0.3 is 0 Å². The van der Waals surface area contributed by atoms with Crippen LogP contribution in [0.2, 0.25) is 0 Å². The predicted molar refractivity (Wildman–Crippen MR) is 93.4 cm³/mol. The average Bonchev–Trinajstić information content (AvgIpc) is 3.26. The molecule has 1 aromatic heterocycles. The molecule has 25 heavy (non-hydrogen) atoms. The highest BCUT2D eigenvalue weighted by molar-refractivity contribution is 7.99. The molecule has 0 aliphatic carbocycles. The molecule has 0 bridgehead atoms. The number of aromatic nitrogens is 2. The van der Waals surface area contributed by atoms with E-state index in [9.17, 15) is 14.7 Å². The molecule has 3 heterocycles. The van der Waals surface area contributed by atoms with E-state index in [0.29, 0.717) is 18.8 Å². The van der Waals surface area contributed by atoms with Gasteiger partial charge in [-0.1, -0.05) is 17.8 Å². The van der Waals surface area contributed by atoms with Crippen molar-refractivity contribution in [2.75, 3.05) is 17.2 Å². The van der Waals surface area contributed by atoms with Crippen molar-refractivity contribution in [3.05, 3.63) is 36.2 Å². The normalized spacial score (nSPS) is 19.3. The lowest BCUT2D eigenvalue weighted by atomic mass is 10.1. The van der Waals surface area contributed by atoms with Gasteiger partial charge in [0.2, 0.25) is 11.8 Å². The summed E-state index contributed by atoms with van der Waals surface area (Å²) in [7, 11) is 0. The Bertz CT molecular complexity index is 814. The summed E-state index contributed by atoms with van der Waals surface area (Å²) in [5.41, 5.74) is 1.45. The SMILES string of the molecule is O=C(NCc1cn2c(n1)SCC2)[C@@H]1CC(=O)N(c2cccc(O)c2)C1. The number of phenolic OH excluding ortho intramolecular Hbond substituents is 1. The number of benzene rings is 1. The summed E-state index contributed by atoms with van der Waals surface area (Å²) in [5, 5.41) is 13.4. The number of thioether (sulfide) groups is 1. The van der Waals surface area contributed by atoms with Crippen molar-refractivity contribution in [2.24, 2.45) is 5.92 Å². The predicted octanol–water partition coefficient (Wildman–Crippen LogP) is 1.36.